The molecule has 1 atom stereocenters. The monoisotopic (exact) mass is 478 g/mol. The highest BCUT2D eigenvalue weighted by molar-refractivity contribution is 5.63. The molecule has 35 heavy (non-hydrogen) atoms. The number of benzene rings is 2. The van der Waals surface area contributed by atoms with E-state index in [1.54, 1.807) is 0 Å². The first-order chi connectivity index (χ1) is 17.0. The summed E-state index contributed by atoms with van der Waals surface area (Å²) in [4.78, 5) is 2.61. The highest BCUT2D eigenvalue weighted by Gasteiger charge is 2.15. The van der Waals surface area contributed by atoms with Crippen molar-refractivity contribution in [2.75, 3.05) is 26.7 Å². The molecular weight excluding hydrogens is 424 g/mol. The lowest BCUT2D eigenvalue weighted by atomic mass is 9.97. The first-order valence-electron chi connectivity index (χ1n) is 13.7. The number of hydrogen-bond acceptors (Lipinski definition) is 2. The first-order valence-corrected chi connectivity index (χ1v) is 13.7. The normalized spacial score (nSPS) is 13.2. The molecule has 1 aliphatic heterocycles. The van der Waals surface area contributed by atoms with E-state index >= 15 is 0 Å². The first kappa shape index (κ1) is 32.8. The molecule has 1 heterocycles. The van der Waals surface area contributed by atoms with Crippen LogP contribution in [-0.4, -0.2) is 31.6 Å². The third kappa shape index (κ3) is 14.8. The summed E-state index contributed by atoms with van der Waals surface area (Å²) in [6.07, 6.45) is 10.6. The second-order valence-corrected chi connectivity index (χ2v) is 9.25. The second-order valence-electron chi connectivity index (χ2n) is 9.25. The predicted molar refractivity (Wildman–Crippen MR) is 160 cm³/mol. The van der Waals surface area contributed by atoms with Crippen LogP contribution in [0, 0.1) is 19.8 Å². The fourth-order valence-electron chi connectivity index (χ4n) is 4.25. The van der Waals surface area contributed by atoms with Crippen LogP contribution in [0.5, 0.6) is 0 Å². The van der Waals surface area contributed by atoms with Gasteiger partial charge in [0.15, 0.2) is 0 Å². The van der Waals surface area contributed by atoms with Gasteiger partial charge in [-0.05, 0) is 107 Å². The van der Waals surface area contributed by atoms with E-state index < -0.39 is 0 Å². The van der Waals surface area contributed by atoms with Crippen LogP contribution in [0.2, 0.25) is 0 Å². The van der Waals surface area contributed by atoms with Gasteiger partial charge in [0.05, 0.1) is 0 Å². The van der Waals surface area contributed by atoms with E-state index in [0.717, 1.165) is 18.8 Å². The number of allylic oxidation sites excluding steroid dienone is 2. The predicted octanol–water partition coefficient (Wildman–Crippen LogP) is 8.63. The Balaban J connectivity index is 0.000000580. The maximum absolute atomic E-state index is 4.50. The molecule has 2 aromatic carbocycles. The average molecular weight is 479 g/mol. The van der Waals surface area contributed by atoms with Gasteiger partial charge in [0.1, 0.15) is 0 Å². The number of aryl methyl sites for hydroxylation is 2. The van der Waals surface area contributed by atoms with Crippen LogP contribution < -0.4 is 5.73 Å². The quantitative estimate of drug-likeness (QED) is 0.273. The Morgan fingerprint density at radius 3 is 2.14 bits per heavy atom. The summed E-state index contributed by atoms with van der Waals surface area (Å²) in [6.45, 7) is 22.5. The lowest BCUT2D eigenvalue weighted by Gasteiger charge is -2.20. The Morgan fingerprint density at radius 2 is 1.57 bits per heavy atom. The Morgan fingerprint density at radius 1 is 0.971 bits per heavy atom. The van der Waals surface area contributed by atoms with E-state index in [1.807, 2.05) is 19.9 Å². The van der Waals surface area contributed by atoms with Gasteiger partial charge in [-0.3, -0.25) is 0 Å². The highest BCUT2D eigenvalue weighted by Crippen LogP contribution is 2.20. The summed E-state index contributed by atoms with van der Waals surface area (Å²) in [7, 11) is 1.50. The Kier molecular flexibility index (Phi) is 19.8. The number of hydrogen-bond donors (Lipinski definition) is 1. The van der Waals surface area contributed by atoms with Crippen molar-refractivity contribution >= 4 is 5.57 Å². The van der Waals surface area contributed by atoms with E-state index in [2.05, 4.69) is 93.1 Å². The van der Waals surface area contributed by atoms with Crippen molar-refractivity contribution in [1.29, 1.82) is 0 Å². The smallest absolute Gasteiger partial charge is 0.00102 e. The topological polar surface area (TPSA) is 29.3 Å². The Bertz CT molecular complexity index is 785. The SMILES string of the molecule is C=CCCCCC(=C)c1ccc(C)cc1.CC.CN.Cc1ccccc1CC(C)CN1CCCC1. The van der Waals surface area contributed by atoms with Crippen LogP contribution in [0.1, 0.15) is 81.5 Å². The van der Waals surface area contributed by atoms with Crippen LogP contribution >= 0.6 is 0 Å². The minimum atomic E-state index is 0.777. The standard InChI is InChI=1S/C15H23N.C15H20.C2H6.CH5N/c1-13(12-16-9-5-6-10-16)11-15-8-4-3-7-14(15)2;1-4-5-6-7-8-14(3)15-11-9-13(2)10-12-15;2*1-2/h3-4,7-8,13H,5-6,9-12H2,1-2H3;4,9-12H,1,3,5-8H2,2H3;1-2H3;2H2,1H3. The van der Waals surface area contributed by atoms with Crippen LogP contribution in [0.3, 0.4) is 0 Å². The number of nitrogens with zero attached hydrogens (tertiary/aromatic N) is 1. The third-order valence-corrected chi connectivity index (χ3v) is 6.19. The van der Waals surface area contributed by atoms with Gasteiger partial charge < -0.3 is 10.6 Å². The van der Waals surface area contributed by atoms with Crippen molar-refractivity contribution in [2.24, 2.45) is 11.7 Å². The van der Waals surface area contributed by atoms with Gasteiger partial charge in [-0.1, -0.05) is 87.5 Å². The third-order valence-electron chi connectivity index (χ3n) is 6.19. The fourth-order valence-corrected chi connectivity index (χ4v) is 4.25. The van der Waals surface area contributed by atoms with Crippen molar-refractivity contribution in [3.05, 3.63) is 90.0 Å². The van der Waals surface area contributed by atoms with Gasteiger partial charge in [-0.15, -0.1) is 6.58 Å². The van der Waals surface area contributed by atoms with Gasteiger partial charge in [0, 0.05) is 6.54 Å². The maximum Gasteiger partial charge on any atom is 0.00102 e. The molecule has 1 fully saturated rings. The van der Waals surface area contributed by atoms with Crippen LogP contribution in [0.15, 0.2) is 67.8 Å². The second kappa shape index (κ2) is 21.1. The molecule has 0 aliphatic carbocycles. The molecule has 0 amide bonds. The molecule has 2 heteroatoms. The fraction of sp³-hybridized carbons (Fsp3) is 0.515. The van der Waals surface area contributed by atoms with Crippen molar-refractivity contribution in [1.82, 2.24) is 4.90 Å². The molecule has 0 spiro atoms. The van der Waals surface area contributed by atoms with Gasteiger partial charge in [0.25, 0.3) is 0 Å². The summed E-state index contributed by atoms with van der Waals surface area (Å²) >= 11 is 0. The average Bonchev–Trinajstić information content (AvgIpc) is 3.39. The van der Waals surface area contributed by atoms with Gasteiger partial charge in [0.2, 0.25) is 0 Å². The zero-order chi connectivity index (χ0) is 26.5. The highest BCUT2D eigenvalue weighted by atomic mass is 15.1. The molecule has 0 saturated carbocycles. The molecule has 2 N–H and O–H groups in total. The molecule has 1 aliphatic rings. The lowest BCUT2D eigenvalue weighted by Crippen LogP contribution is -2.26. The van der Waals surface area contributed by atoms with Crippen LogP contribution in [0.25, 0.3) is 5.57 Å². The largest absolute Gasteiger partial charge is 0.333 e. The van der Waals surface area contributed by atoms with Gasteiger partial charge in [-0.25, -0.2) is 0 Å². The molecule has 0 aromatic heterocycles. The summed E-state index contributed by atoms with van der Waals surface area (Å²) in [5, 5.41) is 0. The van der Waals surface area contributed by atoms with E-state index in [-0.39, 0.29) is 0 Å². The number of likely N-dealkylation sites (tertiary alicyclic amines) is 1. The maximum atomic E-state index is 4.50. The lowest BCUT2D eigenvalue weighted by molar-refractivity contribution is 0.287. The van der Waals surface area contributed by atoms with Crippen LogP contribution in [-0.2, 0) is 6.42 Å². The Labute approximate surface area is 218 Å². The van der Waals surface area contributed by atoms with Crippen molar-refractivity contribution in [3.8, 4) is 0 Å². The number of unbranched alkanes of at least 4 members (excludes halogenated alkanes) is 2. The van der Waals surface area contributed by atoms with E-state index in [1.165, 1.54) is 86.6 Å². The number of nitrogens with two attached hydrogens (primary N) is 1. The molecule has 2 aromatic rings. The molecule has 3 rings (SSSR count). The summed E-state index contributed by atoms with van der Waals surface area (Å²) in [5.74, 6) is 0.777. The molecular formula is C33H54N2. The molecule has 1 saturated heterocycles. The molecule has 0 radical (unpaired) electrons. The minimum absolute atomic E-state index is 0.777. The minimum Gasteiger partial charge on any atom is -0.333 e. The van der Waals surface area contributed by atoms with Crippen molar-refractivity contribution in [2.45, 2.75) is 79.6 Å². The van der Waals surface area contributed by atoms with Crippen LogP contribution in [0.4, 0.5) is 0 Å². The van der Waals surface area contributed by atoms with Gasteiger partial charge >= 0.3 is 0 Å². The summed E-state index contributed by atoms with van der Waals surface area (Å²) in [5.41, 5.74) is 11.3. The van der Waals surface area contributed by atoms with E-state index in [4.69, 9.17) is 0 Å². The Hall–Kier alpha value is -2.16. The van der Waals surface area contributed by atoms with Gasteiger partial charge in [-0.2, -0.15) is 0 Å². The molecule has 196 valence electrons. The summed E-state index contributed by atoms with van der Waals surface area (Å²) in [6, 6.07) is 17.4. The summed E-state index contributed by atoms with van der Waals surface area (Å²) < 4.78 is 0. The zero-order valence-electron chi connectivity index (χ0n) is 23.8. The molecule has 2 nitrogen and oxygen atoms in total. The van der Waals surface area contributed by atoms with Crippen molar-refractivity contribution < 1.29 is 0 Å². The van der Waals surface area contributed by atoms with E-state index in [0.29, 0.717) is 0 Å². The van der Waals surface area contributed by atoms with E-state index in [9.17, 15) is 0 Å². The zero-order valence-corrected chi connectivity index (χ0v) is 23.8. The molecule has 0 bridgehead atoms. The van der Waals surface area contributed by atoms with Crippen molar-refractivity contribution in [3.63, 3.8) is 0 Å². The number of rotatable bonds is 10. The molecule has 1 unspecified atom stereocenters.